The van der Waals surface area contributed by atoms with Gasteiger partial charge in [0.25, 0.3) is 0 Å². The summed E-state index contributed by atoms with van der Waals surface area (Å²) in [7, 11) is 0. The maximum atomic E-state index is 6.58. The van der Waals surface area contributed by atoms with Crippen LogP contribution in [-0.2, 0) is 0 Å². The van der Waals surface area contributed by atoms with E-state index in [0.717, 1.165) is 65.6 Å². The zero-order chi connectivity index (χ0) is 25.1. The van der Waals surface area contributed by atoms with Crippen LogP contribution in [0.1, 0.15) is 0 Å². The van der Waals surface area contributed by atoms with Gasteiger partial charge in [-0.1, -0.05) is 72.8 Å². The van der Waals surface area contributed by atoms with Crippen molar-refractivity contribution in [2.24, 2.45) is 0 Å². The van der Waals surface area contributed by atoms with Crippen molar-refractivity contribution in [3.05, 3.63) is 122 Å². The van der Waals surface area contributed by atoms with E-state index < -0.39 is 0 Å². The number of fused-ring (bicyclic) bond motifs is 8. The summed E-state index contributed by atoms with van der Waals surface area (Å²) in [5, 5.41) is 7.58. The Morgan fingerprint density at radius 1 is 0.605 bits per heavy atom. The predicted molar refractivity (Wildman–Crippen MR) is 154 cm³/mol. The molecule has 3 aromatic heterocycles. The second-order valence-electron chi connectivity index (χ2n) is 9.46. The third-order valence-electron chi connectivity index (χ3n) is 7.17. The fraction of sp³-hybridized carbons (Fsp3) is 0. The van der Waals surface area contributed by atoms with Gasteiger partial charge in [0.1, 0.15) is 11.3 Å². The number of rotatable bonds is 3. The third-order valence-corrected chi connectivity index (χ3v) is 7.17. The summed E-state index contributed by atoms with van der Waals surface area (Å²) in [4.78, 5) is 9.41. The lowest BCUT2D eigenvalue weighted by atomic mass is 10.0. The van der Waals surface area contributed by atoms with Gasteiger partial charge in [-0.05, 0) is 47.2 Å². The van der Waals surface area contributed by atoms with Gasteiger partial charge in [-0.2, -0.15) is 0 Å². The van der Waals surface area contributed by atoms with Crippen LogP contribution >= 0.6 is 0 Å². The number of nitrogens with zero attached hydrogens (tertiary/aromatic N) is 2. The van der Waals surface area contributed by atoms with E-state index >= 15 is 0 Å². The smallest absolute Gasteiger partial charge is 0.178 e. The van der Waals surface area contributed by atoms with Gasteiger partial charge in [0.2, 0.25) is 0 Å². The topological polar surface area (TPSA) is 48.2 Å². The van der Waals surface area contributed by atoms with Crippen LogP contribution in [0.25, 0.3) is 65.6 Å². The second-order valence-corrected chi connectivity index (χ2v) is 9.46. The number of ether oxygens (including phenoxy) is 1. The molecule has 0 saturated heterocycles. The van der Waals surface area contributed by atoms with E-state index in [0.29, 0.717) is 11.5 Å². The Labute approximate surface area is 217 Å². The summed E-state index contributed by atoms with van der Waals surface area (Å²) in [5.74, 6) is 1.37. The first-order valence-corrected chi connectivity index (χ1v) is 12.6. The van der Waals surface area contributed by atoms with Crippen molar-refractivity contribution in [1.29, 1.82) is 0 Å². The highest BCUT2D eigenvalue weighted by molar-refractivity contribution is 6.24. The van der Waals surface area contributed by atoms with Crippen LogP contribution < -0.4 is 4.74 Å². The molecule has 0 atom stereocenters. The fourth-order valence-corrected chi connectivity index (χ4v) is 5.38. The summed E-state index contributed by atoms with van der Waals surface area (Å²) in [5.41, 5.74) is 4.38. The number of hydrogen-bond acceptors (Lipinski definition) is 4. The molecule has 5 aromatic carbocycles. The van der Waals surface area contributed by atoms with E-state index in [1.54, 1.807) is 0 Å². The van der Waals surface area contributed by atoms with Gasteiger partial charge < -0.3 is 9.15 Å². The molecule has 3 heterocycles. The van der Waals surface area contributed by atoms with E-state index in [-0.39, 0.29) is 0 Å². The third kappa shape index (κ3) is 3.24. The average molecular weight is 489 g/mol. The standard InChI is InChI=1S/C34H20N2O2/c1-2-8-24-20-36-29(18-22(24)7-1)23-9-5-11-25(17-23)37-31-19-28-26(15-14-21-10-6-16-35-33(21)28)32-27-12-3-4-13-30(27)38-34(31)32/h1-20H. The molecule has 0 radical (unpaired) electrons. The second kappa shape index (κ2) is 8.15. The first-order chi connectivity index (χ1) is 18.8. The molecule has 0 aliphatic heterocycles. The van der Waals surface area contributed by atoms with Gasteiger partial charge in [0.15, 0.2) is 11.3 Å². The highest BCUT2D eigenvalue weighted by Crippen LogP contribution is 2.43. The predicted octanol–water partition coefficient (Wildman–Crippen LogP) is 9.29. The molecule has 0 N–H and O–H groups in total. The van der Waals surface area contributed by atoms with Crippen LogP contribution in [-0.4, -0.2) is 9.97 Å². The number of benzene rings is 5. The van der Waals surface area contributed by atoms with E-state index in [2.05, 4.69) is 54.6 Å². The van der Waals surface area contributed by atoms with Crippen molar-refractivity contribution in [1.82, 2.24) is 9.97 Å². The van der Waals surface area contributed by atoms with E-state index in [4.69, 9.17) is 19.1 Å². The van der Waals surface area contributed by atoms with E-state index in [9.17, 15) is 0 Å². The van der Waals surface area contributed by atoms with Crippen molar-refractivity contribution >= 4 is 54.4 Å². The number of aromatic nitrogens is 2. The lowest BCUT2D eigenvalue weighted by Gasteiger charge is -2.11. The lowest BCUT2D eigenvalue weighted by molar-refractivity contribution is 0.477. The molecule has 4 heteroatoms. The minimum Gasteiger partial charge on any atom is -0.453 e. The summed E-state index contributed by atoms with van der Waals surface area (Å²) in [6.07, 6.45) is 3.75. The quantitative estimate of drug-likeness (QED) is 0.233. The molecule has 4 nitrogen and oxygen atoms in total. The molecule has 8 aromatic rings. The van der Waals surface area contributed by atoms with Gasteiger partial charge in [-0.3, -0.25) is 9.97 Å². The first-order valence-electron chi connectivity index (χ1n) is 12.6. The Bertz CT molecular complexity index is 2180. The van der Waals surface area contributed by atoms with Crippen LogP contribution in [0.4, 0.5) is 0 Å². The minimum atomic E-state index is 0.658. The highest BCUT2D eigenvalue weighted by Gasteiger charge is 2.18. The fourth-order valence-electron chi connectivity index (χ4n) is 5.38. The zero-order valence-corrected chi connectivity index (χ0v) is 20.3. The number of furan rings is 1. The summed E-state index contributed by atoms with van der Waals surface area (Å²) in [6.45, 7) is 0. The van der Waals surface area contributed by atoms with Crippen molar-refractivity contribution in [2.75, 3.05) is 0 Å². The summed E-state index contributed by atoms with van der Waals surface area (Å²) in [6, 6.07) is 36.9. The van der Waals surface area contributed by atoms with Crippen LogP contribution in [0.15, 0.2) is 126 Å². The molecular formula is C34H20N2O2. The Hall–Kier alpha value is -5.22. The SMILES string of the molecule is c1cc(Oc2cc3c(ccc4cccnc43)c3c2oc2ccccc23)cc(-c2cc3ccccc3cn2)c1. The first kappa shape index (κ1) is 20.9. The van der Waals surface area contributed by atoms with Crippen LogP contribution in [0.5, 0.6) is 11.5 Å². The Morgan fingerprint density at radius 2 is 1.47 bits per heavy atom. The van der Waals surface area contributed by atoms with Gasteiger partial charge in [-0.25, -0.2) is 0 Å². The highest BCUT2D eigenvalue weighted by atomic mass is 16.5. The number of hydrogen-bond donors (Lipinski definition) is 0. The largest absolute Gasteiger partial charge is 0.453 e. The Kier molecular flexibility index (Phi) is 4.49. The van der Waals surface area contributed by atoms with Gasteiger partial charge in [0, 0.05) is 44.9 Å². The average Bonchev–Trinajstić information content (AvgIpc) is 3.37. The summed E-state index contributed by atoms with van der Waals surface area (Å²) < 4.78 is 13.0. The maximum absolute atomic E-state index is 6.58. The van der Waals surface area contributed by atoms with Crippen LogP contribution in [0, 0.1) is 0 Å². The van der Waals surface area contributed by atoms with Gasteiger partial charge in [-0.15, -0.1) is 0 Å². The lowest BCUT2D eigenvalue weighted by Crippen LogP contribution is -1.89. The monoisotopic (exact) mass is 488 g/mol. The van der Waals surface area contributed by atoms with Crippen molar-refractivity contribution in [3.8, 4) is 22.8 Å². The Morgan fingerprint density at radius 3 is 2.45 bits per heavy atom. The van der Waals surface area contributed by atoms with Crippen LogP contribution in [0.3, 0.4) is 0 Å². The number of pyridine rings is 2. The van der Waals surface area contributed by atoms with E-state index in [1.807, 2.05) is 67.0 Å². The molecule has 0 saturated carbocycles. The Balaban J connectivity index is 1.33. The molecule has 0 bridgehead atoms. The summed E-state index contributed by atoms with van der Waals surface area (Å²) >= 11 is 0. The molecule has 0 unspecified atom stereocenters. The van der Waals surface area contributed by atoms with Gasteiger partial charge in [0.05, 0.1) is 11.2 Å². The number of para-hydroxylation sites is 1. The molecule has 0 fully saturated rings. The maximum Gasteiger partial charge on any atom is 0.178 e. The molecule has 8 rings (SSSR count). The zero-order valence-electron chi connectivity index (χ0n) is 20.3. The molecule has 38 heavy (non-hydrogen) atoms. The molecule has 0 spiro atoms. The molecular weight excluding hydrogens is 468 g/mol. The van der Waals surface area contributed by atoms with Crippen LogP contribution in [0.2, 0.25) is 0 Å². The molecule has 0 aliphatic carbocycles. The molecule has 0 aliphatic rings. The van der Waals surface area contributed by atoms with Crippen molar-refractivity contribution in [3.63, 3.8) is 0 Å². The molecule has 0 amide bonds. The van der Waals surface area contributed by atoms with Crippen molar-refractivity contribution in [2.45, 2.75) is 0 Å². The van der Waals surface area contributed by atoms with Crippen molar-refractivity contribution < 1.29 is 9.15 Å². The minimum absolute atomic E-state index is 0.658. The van der Waals surface area contributed by atoms with E-state index in [1.165, 1.54) is 0 Å². The normalized spacial score (nSPS) is 11.7. The molecule has 178 valence electrons. The van der Waals surface area contributed by atoms with Gasteiger partial charge >= 0.3 is 0 Å².